The second-order valence-electron chi connectivity index (χ2n) is 10.3. The van der Waals surface area contributed by atoms with E-state index in [4.69, 9.17) is 4.74 Å². The number of alkyl halides is 3. The Kier molecular flexibility index (Phi) is 8.58. The molecule has 0 saturated carbocycles. The van der Waals surface area contributed by atoms with Gasteiger partial charge in [-0.3, -0.25) is 4.79 Å². The molecule has 0 aliphatic carbocycles. The average molecular weight is 595 g/mol. The summed E-state index contributed by atoms with van der Waals surface area (Å²) in [4.78, 5) is 30.3. The van der Waals surface area contributed by atoms with Gasteiger partial charge in [0.15, 0.2) is 0 Å². The molecule has 0 spiro atoms. The van der Waals surface area contributed by atoms with Gasteiger partial charge in [-0.25, -0.2) is 19.3 Å². The Morgan fingerprint density at radius 3 is 2.65 bits per heavy atom. The van der Waals surface area contributed by atoms with Crippen LogP contribution in [0.25, 0.3) is 11.3 Å². The summed E-state index contributed by atoms with van der Waals surface area (Å²) in [7, 11) is 3.73. The number of likely N-dealkylation sites (tertiary alicyclic amines) is 1. The van der Waals surface area contributed by atoms with Crippen LogP contribution in [0.1, 0.15) is 35.1 Å². The van der Waals surface area contributed by atoms with Crippen molar-refractivity contribution >= 4 is 17.3 Å². The minimum atomic E-state index is -4.63. The van der Waals surface area contributed by atoms with Gasteiger partial charge in [0.2, 0.25) is 5.88 Å². The molecular formula is C31H30F4N6O2. The maximum Gasteiger partial charge on any atom is 0.416 e. The summed E-state index contributed by atoms with van der Waals surface area (Å²) in [5, 5.41) is 2.51. The maximum atomic E-state index is 15.0. The highest BCUT2D eigenvalue weighted by Gasteiger charge is 2.33. The van der Waals surface area contributed by atoms with Gasteiger partial charge in [-0.05, 0) is 74.6 Å². The molecule has 43 heavy (non-hydrogen) atoms. The Morgan fingerprint density at radius 1 is 1.12 bits per heavy atom. The number of aromatic nitrogens is 3. The van der Waals surface area contributed by atoms with Crippen molar-refractivity contribution in [1.29, 1.82) is 0 Å². The lowest BCUT2D eigenvalue weighted by atomic mass is 10.1. The number of hydrogen-bond donors (Lipinski definition) is 1. The first-order valence-electron chi connectivity index (χ1n) is 13.7. The van der Waals surface area contributed by atoms with E-state index in [0.717, 1.165) is 31.2 Å². The van der Waals surface area contributed by atoms with Crippen LogP contribution in [0, 0.1) is 5.82 Å². The summed E-state index contributed by atoms with van der Waals surface area (Å²) in [6.45, 7) is 3.48. The summed E-state index contributed by atoms with van der Waals surface area (Å²) in [5.41, 5.74) is 0.111. The van der Waals surface area contributed by atoms with E-state index >= 15 is 0 Å². The minimum absolute atomic E-state index is 0.0294. The molecule has 12 heteroatoms. The maximum absolute atomic E-state index is 15.0. The van der Waals surface area contributed by atoms with Crippen molar-refractivity contribution in [3.05, 3.63) is 89.8 Å². The molecule has 0 bridgehead atoms. The van der Waals surface area contributed by atoms with Crippen molar-refractivity contribution in [1.82, 2.24) is 19.9 Å². The summed E-state index contributed by atoms with van der Waals surface area (Å²) in [6, 6.07) is 12.0. The number of aryl methyl sites for hydroxylation is 1. The van der Waals surface area contributed by atoms with Crippen molar-refractivity contribution in [2.24, 2.45) is 0 Å². The van der Waals surface area contributed by atoms with E-state index in [1.165, 1.54) is 24.4 Å². The van der Waals surface area contributed by atoms with Gasteiger partial charge in [-0.15, -0.1) is 0 Å². The van der Waals surface area contributed by atoms with Crippen LogP contribution >= 0.6 is 0 Å². The fraction of sp³-hybridized carbons (Fsp3) is 0.290. The summed E-state index contributed by atoms with van der Waals surface area (Å²) in [5.74, 6) is -0.886. The fourth-order valence-electron chi connectivity index (χ4n) is 4.97. The number of carbonyl (C=O) groups excluding carboxylic acids is 1. The third-order valence-electron chi connectivity index (χ3n) is 7.33. The quantitative estimate of drug-likeness (QED) is 0.235. The molecular weight excluding hydrogens is 564 g/mol. The van der Waals surface area contributed by atoms with Crippen LogP contribution in [0.2, 0.25) is 0 Å². The number of nitrogens with zero attached hydrogens (tertiary/aromatic N) is 5. The molecule has 1 fully saturated rings. The SMILES string of the molecule is CCc1nccc(-c2cccnc2Oc2ccc(F)c(C(=O)Nc3cc(C(F)(F)F)ccc3N(C)C3CCN(C)C3)c2)n1. The third kappa shape index (κ3) is 6.75. The molecule has 5 rings (SSSR count). The van der Waals surface area contributed by atoms with E-state index in [0.29, 0.717) is 35.7 Å². The molecule has 1 atom stereocenters. The highest BCUT2D eigenvalue weighted by Crippen LogP contribution is 2.37. The van der Waals surface area contributed by atoms with E-state index in [9.17, 15) is 22.4 Å². The molecule has 1 N–H and O–H groups in total. The third-order valence-corrected chi connectivity index (χ3v) is 7.33. The van der Waals surface area contributed by atoms with Gasteiger partial charge in [-0.2, -0.15) is 13.2 Å². The number of rotatable bonds is 8. The van der Waals surface area contributed by atoms with Crippen molar-refractivity contribution in [3.63, 3.8) is 0 Å². The number of carbonyl (C=O) groups is 1. The van der Waals surface area contributed by atoms with Gasteiger partial charge in [0.25, 0.3) is 5.91 Å². The topological polar surface area (TPSA) is 83.5 Å². The smallest absolute Gasteiger partial charge is 0.416 e. The highest BCUT2D eigenvalue weighted by atomic mass is 19.4. The molecule has 1 amide bonds. The van der Waals surface area contributed by atoms with E-state index in [2.05, 4.69) is 25.2 Å². The Hall–Kier alpha value is -4.58. The van der Waals surface area contributed by atoms with Crippen LogP contribution in [-0.4, -0.2) is 59.0 Å². The van der Waals surface area contributed by atoms with E-state index < -0.39 is 29.0 Å². The van der Waals surface area contributed by atoms with Crippen molar-refractivity contribution in [2.75, 3.05) is 37.4 Å². The first kappa shape index (κ1) is 29.9. The Balaban J connectivity index is 1.44. The predicted octanol–water partition coefficient (Wildman–Crippen LogP) is 6.44. The average Bonchev–Trinajstić information content (AvgIpc) is 3.43. The van der Waals surface area contributed by atoms with Crippen LogP contribution < -0.4 is 15.0 Å². The first-order chi connectivity index (χ1) is 20.5. The van der Waals surface area contributed by atoms with Gasteiger partial charge in [0, 0.05) is 38.4 Å². The molecule has 8 nitrogen and oxygen atoms in total. The summed E-state index contributed by atoms with van der Waals surface area (Å²) >= 11 is 0. The largest absolute Gasteiger partial charge is 0.438 e. The second-order valence-corrected chi connectivity index (χ2v) is 10.3. The second kappa shape index (κ2) is 12.3. The fourth-order valence-corrected chi connectivity index (χ4v) is 4.97. The molecule has 0 radical (unpaired) electrons. The zero-order chi connectivity index (χ0) is 30.7. The highest BCUT2D eigenvalue weighted by molar-refractivity contribution is 6.06. The van der Waals surface area contributed by atoms with Crippen LogP contribution in [-0.2, 0) is 12.6 Å². The van der Waals surface area contributed by atoms with Crippen LogP contribution in [0.5, 0.6) is 11.6 Å². The molecule has 224 valence electrons. The zero-order valence-electron chi connectivity index (χ0n) is 23.8. The van der Waals surface area contributed by atoms with Gasteiger partial charge >= 0.3 is 6.18 Å². The van der Waals surface area contributed by atoms with Crippen LogP contribution in [0.4, 0.5) is 28.9 Å². The zero-order valence-corrected chi connectivity index (χ0v) is 23.8. The molecule has 3 heterocycles. The van der Waals surface area contributed by atoms with Gasteiger partial charge < -0.3 is 19.9 Å². The Labute approximate surface area is 246 Å². The van der Waals surface area contributed by atoms with Crippen molar-refractivity contribution in [2.45, 2.75) is 32.0 Å². The molecule has 1 saturated heterocycles. The minimum Gasteiger partial charge on any atom is -0.438 e. The Bertz CT molecular complexity index is 1630. The number of hydrogen-bond acceptors (Lipinski definition) is 7. The molecule has 1 aliphatic heterocycles. The van der Waals surface area contributed by atoms with E-state index in [1.807, 2.05) is 18.9 Å². The number of benzene rings is 2. The van der Waals surface area contributed by atoms with Gasteiger partial charge in [0.1, 0.15) is 17.4 Å². The molecule has 2 aromatic carbocycles. The number of nitrogens with one attached hydrogen (secondary N) is 1. The lowest BCUT2D eigenvalue weighted by Crippen LogP contribution is -2.34. The summed E-state index contributed by atoms with van der Waals surface area (Å²) < 4.78 is 61.8. The van der Waals surface area contributed by atoms with Gasteiger partial charge in [-0.1, -0.05) is 6.92 Å². The predicted molar refractivity (Wildman–Crippen MR) is 155 cm³/mol. The number of anilines is 2. The Morgan fingerprint density at radius 2 is 1.93 bits per heavy atom. The number of ether oxygens (including phenoxy) is 1. The number of halogens is 4. The first-order valence-corrected chi connectivity index (χ1v) is 13.7. The lowest BCUT2D eigenvalue weighted by Gasteiger charge is -2.29. The number of pyridine rings is 1. The monoisotopic (exact) mass is 594 g/mol. The van der Waals surface area contributed by atoms with E-state index in [1.54, 1.807) is 31.4 Å². The molecule has 4 aromatic rings. The number of amides is 1. The van der Waals surface area contributed by atoms with E-state index in [-0.39, 0.29) is 23.4 Å². The molecule has 2 aromatic heterocycles. The lowest BCUT2D eigenvalue weighted by molar-refractivity contribution is -0.137. The normalized spacial score (nSPS) is 15.4. The standard InChI is InChI=1S/C31H30F4N6O2/c1-4-28-36-14-11-25(38-28)22-6-5-13-37-30(22)43-21-8-9-24(32)23(17-21)29(42)39-26-16-19(31(33,34)35)7-10-27(26)41(3)20-12-15-40(2)18-20/h5-11,13-14,16-17,20H,4,12,15,18H2,1-3H3,(H,39,42). The molecule has 1 unspecified atom stereocenters. The number of likely N-dealkylation sites (N-methyl/N-ethyl adjacent to an activating group) is 2. The van der Waals surface area contributed by atoms with Gasteiger partial charge in [0.05, 0.1) is 33.8 Å². The van der Waals surface area contributed by atoms with Crippen LogP contribution in [0.15, 0.2) is 67.0 Å². The summed E-state index contributed by atoms with van der Waals surface area (Å²) in [6.07, 6.45) is -0.0545. The molecule has 1 aliphatic rings. The van der Waals surface area contributed by atoms with Crippen LogP contribution in [0.3, 0.4) is 0 Å². The van der Waals surface area contributed by atoms with Crippen molar-refractivity contribution < 1.29 is 27.1 Å². The van der Waals surface area contributed by atoms with Crippen molar-refractivity contribution in [3.8, 4) is 22.9 Å².